The fraction of sp³-hybridized carbons (Fsp3) is 0. The van der Waals surface area contributed by atoms with Crippen molar-refractivity contribution in [3.8, 4) is 0 Å². The molecule has 0 aliphatic heterocycles. The van der Waals surface area contributed by atoms with E-state index in [1.807, 2.05) is 0 Å². The fourth-order valence-electron chi connectivity index (χ4n) is 0. The predicted octanol–water partition coefficient (Wildman–Crippen LogP) is 0.166. The molecule has 0 saturated heterocycles. The van der Waals surface area contributed by atoms with Gasteiger partial charge in [-0.05, 0) is 0 Å². The zero-order valence-corrected chi connectivity index (χ0v) is 11.7. The van der Waals surface area contributed by atoms with Gasteiger partial charge in [-0.1, -0.05) is 0 Å². The Labute approximate surface area is 103 Å². The largest absolute Gasteiger partial charge is 1.00 e. The van der Waals surface area contributed by atoms with Crippen LogP contribution in [0.2, 0.25) is 0 Å². The van der Waals surface area contributed by atoms with Gasteiger partial charge in [0.05, 0.1) is 0 Å². The molecule has 0 bridgehead atoms. The first-order valence-electron chi connectivity index (χ1n) is 0.873. The molecule has 0 rings (SSSR count). The summed E-state index contributed by atoms with van der Waals surface area (Å²) in [7, 11) is 0. The average Bonchev–Trinajstić information content (AvgIpc) is 0.722. The second kappa shape index (κ2) is 5.37. The summed E-state index contributed by atoms with van der Waals surface area (Å²) >= 11 is 9.60. The minimum atomic E-state index is -0.120. The summed E-state index contributed by atoms with van der Waals surface area (Å²) in [6.45, 7) is 0. The minimum Gasteiger partial charge on any atom is -0.309 e. The second-order valence-corrected chi connectivity index (χ2v) is 22.3. The zero-order valence-electron chi connectivity index (χ0n) is 3.09. The van der Waals surface area contributed by atoms with E-state index in [2.05, 4.69) is 89.5 Å². The molecule has 6 heavy (non-hydrogen) atoms. The Bertz CT molecular complexity index is 23.0. The van der Waals surface area contributed by atoms with Crippen molar-refractivity contribution in [2.24, 2.45) is 0 Å². The first kappa shape index (κ1) is 12.3. The molecule has 0 N–H and O–H groups in total. The molecule has 0 unspecified atom stereocenters. The van der Waals surface area contributed by atoms with Gasteiger partial charge in [-0.3, -0.25) is 0 Å². The fourth-order valence-corrected chi connectivity index (χ4v) is 0. The van der Waals surface area contributed by atoms with Crippen LogP contribution in [0.15, 0.2) is 0 Å². The van der Waals surface area contributed by atoms with Crippen molar-refractivity contribution in [1.29, 1.82) is 0 Å². The molecule has 0 atom stereocenters. The van der Waals surface area contributed by atoms with Gasteiger partial charge in [-0.2, -0.15) is 0 Å². The Morgan fingerprint density at radius 2 is 0.833 bits per heavy atom. The summed E-state index contributed by atoms with van der Waals surface area (Å²) in [4.78, 5) is 0. The van der Waals surface area contributed by atoms with Gasteiger partial charge >= 0.3 is 18.9 Å². The standard InChI is InChI=1S/BI4.Li/c2-1(3,4)5;/q-1;+1. The monoisotopic (exact) mass is 526 g/mol. The Morgan fingerprint density at radius 3 is 0.833 bits per heavy atom. The smallest absolute Gasteiger partial charge is 0.309 e. The van der Waals surface area contributed by atoms with Crippen LogP contribution in [0, 0.1) is 0 Å². The van der Waals surface area contributed by atoms with E-state index in [4.69, 9.17) is 0 Å². The van der Waals surface area contributed by atoms with Gasteiger partial charge in [0.25, 0.3) is 0 Å². The maximum absolute atomic E-state index is 2.40. The first-order chi connectivity index (χ1) is 2.00. The van der Waals surface area contributed by atoms with E-state index in [1.54, 1.807) is 0 Å². The molecule has 0 nitrogen and oxygen atoms in total. The Morgan fingerprint density at radius 1 is 0.833 bits per heavy atom. The van der Waals surface area contributed by atoms with Crippen molar-refractivity contribution in [2.45, 2.75) is 0 Å². The predicted molar refractivity (Wildman–Crippen MR) is 61.8 cm³/mol. The molecule has 0 aromatic rings. The van der Waals surface area contributed by atoms with E-state index in [1.165, 1.54) is 0 Å². The molecular weight excluding hydrogens is 525 g/mol. The van der Waals surface area contributed by atoms with Crippen LogP contribution in [-0.4, -0.2) is -2.43 Å². The molecule has 32 valence electrons. The number of rotatable bonds is 0. The van der Waals surface area contributed by atoms with E-state index in [-0.39, 0.29) is 16.4 Å². The summed E-state index contributed by atoms with van der Waals surface area (Å²) in [5.74, 6) is 0. The zero-order chi connectivity index (χ0) is 4.50. The van der Waals surface area contributed by atoms with E-state index in [0.717, 1.165) is 0 Å². The van der Waals surface area contributed by atoms with Crippen LogP contribution in [0.25, 0.3) is 0 Å². The van der Waals surface area contributed by atoms with Crippen LogP contribution in [0.5, 0.6) is 0 Å². The Kier molecular flexibility index (Phi) is 11.0. The van der Waals surface area contributed by atoms with Gasteiger partial charge < -0.3 is 89.5 Å². The van der Waals surface area contributed by atoms with Crippen molar-refractivity contribution in [3.63, 3.8) is 0 Å². The Balaban J connectivity index is 0. The summed E-state index contributed by atoms with van der Waals surface area (Å²) in [6, 6.07) is 0. The summed E-state index contributed by atoms with van der Waals surface area (Å²) in [5.41, 5.74) is 0. The first-order valence-corrected chi connectivity index (χ1v) is 5.86. The molecule has 0 aromatic carbocycles. The van der Waals surface area contributed by atoms with Gasteiger partial charge in [0.2, 0.25) is -2.43 Å². The molecule has 6 heteroatoms. The van der Waals surface area contributed by atoms with Crippen molar-refractivity contribution in [1.82, 2.24) is 0 Å². The Hall–Kier alpha value is 3.58. The maximum Gasteiger partial charge on any atom is 1.00 e. The van der Waals surface area contributed by atoms with Crippen molar-refractivity contribution in [3.05, 3.63) is 0 Å². The van der Waals surface area contributed by atoms with Gasteiger partial charge in [-0.15, -0.1) is 0 Å². The topological polar surface area (TPSA) is 0 Å². The molecule has 0 saturated carbocycles. The van der Waals surface area contributed by atoms with E-state index < -0.39 is 0 Å². The van der Waals surface area contributed by atoms with Crippen LogP contribution < -0.4 is 18.9 Å². The number of hydrogen-bond acceptors (Lipinski definition) is 0. The molecule has 0 heterocycles. The second-order valence-electron chi connectivity index (χ2n) is 0.495. The molecular formula is BI4Li. The van der Waals surface area contributed by atoms with Crippen LogP contribution in [0.1, 0.15) is 0 Å². The molecule has 0 aliphatic rings. The van der Waals surface area contributed by atoms with Crippen LogP contribution in [0.4, 0.5) is 0 Å². The molecule has 0 aliphatic carbocycles. The van der Waals surface area contributed by atoms with Crippen LogP contribution in [-0.2, 0) is 0 Å². The van der Waals surface area contributed by atoms with Crippen molar-refractivity contribution < 1.29 is 18.9 Å². The molecule has 0 amide bonds. The van der Waals surface area contributed by atoms with Crippen LogP contribution in [0.3, 0.4) is 0 Å². The van der Waals surface area contributed by atoms with Crippen molar-refractivity contribution in [2.75, 3.05) is 0 Å². The molecule has 0 spiro atoms. The molecule has 0 fully saturated rings. The van der Waals surface area contributed by atoms with E-state index >= 15 is 0 Å². The quantitative estimate of drug-likeness (QED) is 0.313. The van der Waals surface area contributed by atoms with Crippen molar-refractivity contribution >= 4 is 87.1 Å². The van der Waals surface area contributed by atoms with Gasteiger partial charge in [0, 0.05) is 0 Å². The van der Waals surface area contributed by atoms with E-state index in [0.29, 0.717) is 0 Å². The van der Waals surface area contributed by atoms with Gasteiger partial charge in [-0.25, -0.2) is 0 Å². The molecule has 0 aromatic heterocycles. The maximum atomic E-state index is 2.40. The average molecular weight is 525 g/mol. The number of hydrogen-bond donors (Lipinski definition) is 0. The summed E-state index contributed by atoms with van der Waals surface area (Å²) in [5, 5.41) is 0. The number of halogens is 4. The minimum absolute atomic E-state index is 0. The molecule has 0 radical (unpaired) electrons. The summed E-state index contributed by atoms with van der Waals surface area (Å²) < 4.78 is -0.120. The third-order valence-electron chi connectivity index (χ3n) is 0. The SMILES string of the molecule is I[B-](I)(I)I.[Li+]. The van der Waals surface area contributed by atoms with E-state index in [9.17, 15) is 0 Å². The summed E-state index contributed by atoms with van der Waals surface area (Å²) in [6.07, 6.45) is 0. The van der Waals surface area contributed by atoms with Crippen LogP contribution >= 0.6 is 89.5 Å². The third kappa shape index (κ3) is 25.6. The van der Waals surface area contributed by atoms with Gasteiger partial charge in [0.15, 0.2) is 0 Å². The van der Waals surface area contributed by atoms with Gasteiger partial charge in [0.1, 0.15) is 0 Å². The third-order valence-corrected chi connectivity index (χ3v) is 0. The normalized spacial score (nSPS) is 10.0.